The molecule has 9 heteroatoms. The number of anilines is 2. The molecule has 2 heterocycles. The topological polar surface area (TPSA) is 78.7 Å². The minimum atomic E-state index is -2.60. The maximum absolute atomic E-state index is 13.1. The molecule has 7 nitrogen and oxygen atoms in total. The van der Waals surface area contributed by atoms with E-state index in [2.05, 4.69) is 5.10 Å². The van der Waals surface area contributed by atoms with E-state index < -0.39 is 17.9 Å². The summed E-state index contributed by atoms with van der Waals surface area (Å²) in [6.07, 6.45) is 2.03. The molecule has 1 aliphatic carbocycles. The average Bonchev–Trinajstić information content (AvgIpc) is 3.01. The SMILES string of the molecule is CC(=O)N1c2ccc(-c3cnn(CC4CC4(F)F)c3)cc2N(C(=O)O)C[C@@H]1C. The fourth-order valence-corrected chi connectivity index (χ4v) is 3.77. The van der Waals surface area contributed by atoms with Crippen LogP contribution in [0.4, 0.5) is 25.0 Å². The first-order chi connectivity index (χ1) is 13.2. The van der Waals surface area contributed by atoms with E-state index >= 15 is 0 Å². The van der Waals surface area contributed by atoms with Gasteiger partial charge in [-0.1, -0.05) is 6.07 Å². The van der Waals surface area contributed by atoms with Gasteiger partial charge in [0.2, 0.25) is 5.91 Å². The van der Waals surface area contributed by atoms with Gasteiger partial charge in [-0.2, -0.15) is 5.10 Å². The van der Waals surface area contributed by atoms with Gasteiger partial charge in [-0.05, 0) is 24.6 Å². The molecule has 148 valence electrons. The maximum Gasteiger partial charge on any atom is 0.411 e. The van der Waals surface area contributed by atoms with Crippen LogP contribution < -0.4 is 9.80 Å². The molecule has 4 rings (SSSR count). The zero-order valence-corrected chi connectivity index (χ0v) is 15.5. The summed E-state index contributed by atoms with van der Waals surface area (Å²) >= 11 is 0. The first-order valence-electron chi connectivity index (χ1n) is 9.02. The monoisotopic (exact) mass is 390 g/mol. The lowest BCUT2D eigenvalue weighted by Crippen LogP contribution is -2.51. The number of hydrogen-bond donors (Lipinski definition) is 1. The number of alkyl halides is 2. The number of halogens is 2. The van der Waals surface area contributed by atoms with Crippen LogP contribution in [0.15, 0.2) is 30.6 Å². The standard InChI is InChI=1S/C19H20F2N4O3/c1-11-8-24(18(27)28)17-5-13(3-4-16(17)25(11)12(2)26)14-7-22-23(9-14)10-15-6-19(15,20)21/h3-5,7,9,11,15H,6,8,10H2,1-2H3,(H,27,28)/t11-,15?/m0/s1. The van der Waals surface area contributed by atoms with Crippen molar-refractivity contribution in [1.29, 1.82) is 0 Å². The Balaban J connectivity index is 1.67. The van der Waals surface area contributed by atoms with Crippen LogP contribution in [-0.4, -0.2) is 45.4 Å². The van der Waals surface area contributed by atoms with E-state index in [0.717, 1.165) is 0 Å². The summed E-state index contributed by atoms with van der Waals surface area (Å²) < 4.78 is 27.7. The van der Waals surface area contributed by atoms with E-state index in [1.807, 2.05) is 0 Å². The lowest BCUT2D eigenvalue weighted by atomic mass is 10.0. The van der Waals surface area contributed by atoms with Crippen molar-refractivity contribution < 1.29 is 23.5 Å². The van der Waals surface area contributed by atoms with Gasteiger partial charge >= 0.3 is 6.09 Å². The average molecular weight is 390 g/mol. The summed E-state index contributed by atoms with van der Waals surface area (Å²) in [6.45, 7) is 3.56. The van der Waals surface area contributed by atoms with Crippen molar-refractivity contribution in [2.75, 3.05) is 16.3 Å². The van der Waals surface area contributed by atoms with E-state index in [0.29, 0.717) is 22.5 Å². The Morgan fingerprint density at radius 3 is 2.61 bits per heavy atom. The van der Waals surface area contributed by atoms with Gasteiger partial charge in [-0.15, -0.1) is 0 Å². The van der Waals surface area contributed by atoms with Crippen LogP contribution >= 0.6 is 0 Å². The summed E-state index contributed by atoms with van der Waals surface area (Å²) in [4.78, 5) is 26.6. The van der Waals surface area contributed by atoms with Crippen molar-refractivity contribution in [1.82, 2.24) is 9.78 Å². The number of nitrogens with zero attached hydrogens (tertiary/aromatic N) is 4. The minimum Gasteiger partial charge on any atom is -0.465 e. The first-order valence-corrected chi connectivity index (χ1v) is 9.02. The second-order valence-electron chi connectivity index (χ2n) is 7.45. The van der Waals surface area contributed by atoms with E-state index in [-0.39, 0.29) is 31.5 Å². The highest BCUT2D eigenvalue weighted by molar-refractivity contribution is 6.02. The Hall–Kier alpha value is -2.97. The third-order valence-electron chi connectivity index (χ3n) is 5.31. The van der Waals surface area contributed by atoms with Crippen molar-refractivity contribution in [3.63, 3.8) is 0 Å². The normalized spacial score (nSPS) is 22.7. The number of carbonyl (C=O) groups excluding carboxylic acids is 1. The molecule has 2 amide bonds. The van der Waals surface area contributed by atoms with Crippen LogP contribution in [0.1, 0.15) is 20.3 Å². The van der Waals surface area contributed by atoms with Crippen LogP contribution in [0.2, 0.25) is 0 Å². The lowest BCUT2D eigenvalue weighted by molar-refractivity contribution is -0.117. The van der Waals surface area contributed by atoms with Gasteiger partial charge in [0.15, 0.2) is 0 Å². The van der Waals surface area contributed by atoms with Gasteiger partial charge in [0.1, 0.15) is 0 Å². The number of hydrogen-bond acceptors (Lipinski definition) is 3. The molecule has 1 fully saturated rings. The molecule has 1 aromatic carbocycles. The third kappa shape index (κ3) is 3.10. The Morgan fingerprint density at radius 1 is 1.29 bits per heavy atom. The fourth-order valence-electron chi connectivity index (χ4n) is 3.77. The maximum atomic E-state index is 13.1. The number of benzene rings is 1. The molecule has 0 radical (unpaired) electrons. The van der Waals surface area contributed by atoms with Gasteiger partial charge < -0.3 is 10.0 Å². The highest BCUT2D eigenvalue weighted by atomic mass is 19.3. The van der Waals surface area contributed by atoms with Crippen molar-refractivity contribution in [3.8, 4) is 11.1 Å². The molecule has 1 aromatic heterocycles. The Kier molecular flexibility index (Phi) is 4.13. The van der Waals surface area contributed by atoms with Crippen molar-refractivity contribution >= 4 is 23.4 Å². The third-order valence-corrected chi connectivity index (χ3v) is 5.31. The van der Waals surface area contributed by atoms with Gasteiger partial charge in [0, 0.05) is 44.1 Å². The zero-order chi connectivity index (χ0) is 20.2. The van der Waals surface area contributed by atoms with Crippen LogP contribution in [0.5, 0.6) is 0 Å². The van der Waals surface area contributed by atoms with Gasteiger partial charge in [0.25, 0.3) is 5.92 Å². The van der Waals surface area contributed by atoms with Crippen LogP contribution in [0.25, 0.3) is 11.1 Å². The molecule has 1 N–H and O–H groups in total. The van der Waals surface area contributed by atoms with E-state index in [1.54, 1.807) is 42.4 Å². The number of carbonyl (C=O) groups is 2. The van der Waals surface area contributed by atoms with Gasteiger partial charge in [0.05, 0.1) is 23.6 Å². The van der Waals surface area contributed by atoms with Gasteiger partial charge in [-0.3, -0.25) is 14.4 Å². The smallest absolute Gasteiger partial charge is 0.411 e. The molecule has 1 aliphatic heterocycles. The molecule has 0 spiro atoms. The first kappa shape index (κ1) is 18.4. The molecule has 28 heavy (non-hydrogen) atoms. The van der Waals surface area contributed by atoms with Crippen LogP contribution in [0.3, 0.4) is 0 Å². The quantitative estimate of drug-likeness (QED) is 0.871. The molecule has 2 aliphatic rings. The summed E-state index contributed by atoms with van der Waals surface area (Å²) in [5.74, 6) is -3.45. The second kappa shape index (κ2) is 6.29. The van der Waals surface area contributed by atoms with Crippen LogP contribution in [0, 0.1) is 5.92 Å². The summed E-state index contributed by atoms with van der Waals surface area (Å²) in [7, 11) is 0. The number of amides is 2. The molecule has 2 atom stereocenters. The van der Waals surface area contributed by atoms with Crippen molar-refractivity contribution in [2.24, 2.45) is 5.92 Å². The number of rotatable bonds is 3. The molecule has 0 bridgehead atoms. The summed E-state index contributed by atoms with van der Waals surface area (Å²) in [5.41, 5.74) is 2.35. The largest absolute Gasteiger partial charge is 0.465 e. The predicted molar refractivity (Wildman–Crippen MR) is 98.7 cm³/mol. The van der Waals surface area contributed by atoms with E-state index in [4.69, 9.17) is 0 Å². The second-order valence-corrected chi connectivity index (χ2v) is 7.45. The summed E-state index contributed by atoms with van der Waals surface area (Å²) in [6, 6.07) is 4.90. The molecule has 1 unspecified atom stereocenters. The van der Waals surface area contributed by atoms with E-state index in [9.17, 15) is 23.5 Å². The highest BCUT2D eigenvalue weighted by Gasteiger charge is 2.56. The molecule has 2 aromatic rings. The highest BCUT2D eigenvalue weighted by Crippen LogP contribution is 2.49. The van der Waals surface area contributed by atoms with E-state index in [1.165, 1.54) is 16.5 Å². The number of fused-ring (bicyclic) bond motifs is 1. The van der Waals surface area contributed by atoms with Crippen molar-refractivity contribution in [2.45, 2.75) is 38.8 Å². The summed E-state index contributed by atoms with van der Waals surface area (Å²) in [5, 5.41) is 13.7. The molecular weight excluding hydrogens is 370 g/mol. The number of carboxylic acid groups (broad SMARTS) is 1. The molecule has 0 saturated heterocycles. The Labute approximate surface area is 160 Å². The lowest BCUT2D eigenvalue weighted by Gasteiger charge is -2.39. The Bertz CT molecular complexity index is 958. The molecule has 1 saturated carbocycles. The minimum absolute atomic E-state index is 0.117. The Morgan fingerprint density at radius 2 is 2.00 bits per heavy atom. The number of aromatic nitrogens is 2. The fraction of sp³-hybridized carbons (Fsp3) is 0.421. The van der Waals surface area contributed by atoms with Gasteiger partial charge in [-0.25, -0.2) is 13.6 Å². The molecular formula is C19H20F2N4O3. The van der Waals surface area contributed by atoms with Crippen LogP contribution in [-0.2, 0) is 11.3 Å². The van der Waals surface area contributed by atoms with Crippen molar-refractivity contribution in [3.05, 3.63) is 30.6 Å². The zero-order valence-electron chi connectivity index (χ0n) is 15.5. The predicted octanol–water partition coefficient (Wildman–Crippen LogP) is 3.44.